The predicted octanol–water partition coefficient (Wildman–Crippen LogP) is 2.04. The van der Waals surface area contributed by atoms with Gasteiger partial charge < -0.3 is 26.6 Å². The lowest BCUT2D eigenvalue weighted by Crippen LogP contribution is -2.62. The van der Waals surface area contributed by atoms with Gasteiger partial charge in [0.25, 0.3) is 5.91 Å². The van der Waals surface area contributed by atoms with Crippen LogP contribution in [0.25, 0.3) is 0 Å². The van der Waals surface area contributed by atoms with Crippen LogP contribution in [0.4, 0.5) is 4.79 Å². The van der Waals surface area contributed by atoms with Crippen LogP contribution in [-0.2, 0) is 19.2 Å². The molecular formula is C32H45N5O6. The fraction of sp³-hybridized carbons (Fsp3) is 0.625. The Bertz CT molecular complexity index is 1300. The summed E-state index contributed by atoms with van der Waals surface area (Å²) in [7, 11) is 0. The molecule has 0 aromatic heterocycles. The molecule has 1 aliphatic heterocycles. The van der Waals surface area contributed by atoms with Gasteiger partial charge in [0.15, 0.2) is 5.78 Å². The molecule has 1 aromatic carbocycles. The minimum atomic E-state index is -1.10. The zero-order chi connectivity index (χ0) is 32.0. The lowest BCUT2D eigenvalue weighted by molar-refractivity contribution is -0.145. The first kappa shape index (κ1) is 32.2. The van der Waals surface area contributed by atoms with Gasteiger partial charge in [0.05, 0.1) is 6.04 Å². The molecule has 234 valence electrons. The molecule has 43 heavy (non-hydrogen) atoms. The molecule has 6 atom stereocenters. The Morgan fingerprint density at radius 2 is 1.56 bits per heavy atom. The Balaban J connectivity index is 1.53. The molecule has 11 heteroatoms. The first-order valence-electron chi connectivity index (χ1n) is 15.1. The van der Waals surface area contributed by atoms with Crippen molar-refractivity contribution in [3.63, 3.8) is 0 Å². The highest BCUT2D eigenvalue weighted by Gasteiger charge is 2.70. The number of hydrogen-bond donors (Lipinski definition) is 4. The third-order valence-corrected chi connectivity index (χ3v) is 9.36. The molecule has 3 aliphatic rings. The van der Waals surface area contributed by atoms with E-state index >= 15 is 0 Å². The highest BCUT2D eigenvalue weighted by molar-refractivity contribution is 6.38. The normalized spacial score (nSPS) is 24.3. The van der Waals surface area contributed by atoms with Crippen LogP contribution < -0.4 is 21.7 Å². The number of carbonyl (C=O) groups excluding carboxylic acids is 6. The van der Waals surface area contributed by atoms with Crippen LogP contribution >= 0.6 is 0 Å². The fourth-order valence-electron chi connectivity index (χ4n) is 6.48. The molecule has 5 amide bonds. The quantitative estimate of drug-likeness (QED) is 0.226. The van der Waals surface area contributed by atoms with Crippen molar-refractivity contribution in [2.75, 3.05) is 6.54 Å². The maximum absolute atomic E-state index is 14.2. The van der Waals surface area contributed by atoms with Gasteiger partial charge in [-0.05, 0) is 47.3 Å². The smallest absolute Gasteiger partial charge is 0.316 e. The third-order valence-electron chi connectivity index (χ3n) is 9.36. The zero-order valence-electron chi connectivity index (χ0n) is 26.1. The monoisotopic (exact) mass is 595 g/mol. The van der Waals surface area contributed by atoms with E-state index < -0.39 is 59.1 Å². The zero-order valence-corrected chi connectivity index (χ0v) is 26.1. The van der Waals surface area contributed by atoms with Gasteiger partial charge in [0.1, 0.15) is 18.1 Å². The number of nitrogens with two attached hydrogens (primary N) is 1. The fourth-order valence-corrected chi connectivity index (χ4v) is 6.48. The van der Waals surface area contributed by atoms with Crippen LogP contribution in [-0.4, -0.2) is 70.9 Å². The number of ketones is 2. The first-order chi connectivity index (χ1) is 20.0. The highest BCUT2D eigenvalue weighted by atomic mass is 16.2. The van der Waals surface area contributed by atoms with E-state index in [4.69, 9.17) is 5.73 Å². The Morgan fingerprint density at radius 1 is 0.953 bits per heavy atom. The van der Waals surface area contributed by atoms with E-state index in [-0.39, 0.29) is 34.9 Å². The summed E-state index contributed by atoms with van der Waals surface area (Å²) in [6.45, 7) is 13.5. The Labute approximate surface area is 253 Å². The number of hydrogen-bond acceptors (Lipinski definition) is 6. The second kappa shape index (κ2) is 11.7. The van der Waals surface area contributed by atoms with Crippen LogP contribution in [0.5, 0.6) is 0 Å². The van der Waals surface area contributed by atoms with Crippen molar-refractivity contribution in [1.29, 1.82) is 0 Å². The van der Waals surface area contributed by atoms with E-state index in [1.165, 1.54) is 4.90 Å². The van der Waals surface area contributed by atoms with Gasteiger partial charge >= 0.3 is 6.03 Å². The molecule has 1 saturated heterocycles. The van der Waals surface area contributed by atoms with E-state index in [0.717, 1.165) is 0 Å². The predicted molar refractivity (Wildman–Crippen MR) is 159 cm³/mol. The number of carbonyl (C=O) groups is 6. The summed E-state index contributed by atoms with van der Waals surface area (Å²) in [5.74, 6) is -3.54. The van der Waals surface area contributed by atoms with Gasteiger partial charge in [0, 0.05) is 12.1 Å². The van der Waals surface area contributed by atoms with Crippen LogP contribution in [0.2, 0.25) is 0 Å². The summed E-state index contributed by atoms with van der Waals surface area (Å²) in [4.78, 5) is 80.1. The topological polar surface area (TPSA) is 168 Å². The maximum atomic E-state index is 14.2. The number of rotatable bonds is 11. The minimum Gasteiger partial charge on any atom is -0.363 e. The Hall–Kier alpha value is -3.76. The number of fused-ring (bicyclic) bond motifs is 1. The first-order valence-corrected chi connectivity index (χ1v) is 15.1. The van der Waals surface area contributed by atoms with Crippen molar-refractivity contribution in [2.24, 2.45) is 40.2 Å². The average molecular weight is 596 g/mol. The molecule has 4 rings (SSSR count). The lowest BCUT2D eigenvalue weighted by Gasteiger charge is -2.38. The number of piperidine rings is 1. The average Bonchev–Trinajstić information content (AvgIpc) is 3.80. The number of Topliss-reactive ketones (excluding diaryl/α,β-unsaturated/α-hetero) is 2. The van der Waals surface area contributed by atoms with E-state index in [9.17, 15) is 28.8 Å². The van der Waals surface area contributed by atoms with Crippen LogP contribution in [0.1, 0.15) is 71.7 Å². The molecule has 2 aliphatic carbocycles. The number of primary amides is 1. The molecule has 3 fully saturated rings. The summed E-state index contributed by atoms with van der Waals surface area (Å²) < 4.78 is 0. The summed E-state index contributed by atoms with van der Waals surface area (Å²) in [6.07, 6.45) is 1.40. The Kier molecular flexibility index (Phi) is 8.77. The van der Waals surface area contributed by atoms with Crippen LogP contribution in [0.3, 0.4) is 0 Å². The molecule has 11 nitrogen and oxygen atoms in total. The van der Waals surface area contributed by atoms with Gasteiger partial charge in [0.2, 0.25) is 17.6 Å². The molecule has 0 radical (unpaired) electrons. The van der Waals surface area contributed by atoms with Crippen molar-refractivity contribution in [3.05, 3.63) is 35.9 Å². The molecule has 0 bridgehead atoms. The van der Waals surface area contributed by atoms with E-state index in [1.807, 2.05) is 48.5 Å². The van der Waals surface area contributed by atoms with Crippen molar-refractivity contribution < 1.29 is 28.8 Å². The number of nitrogens with one attached hydrogen (secondary N) is 3. The summed E-state index contributed by atoms with van der Waals surface area (Å²) in [6, 6.07) is 4.31. The molecule has 0 spiro atoms. The minimum absolute atomic E-state index is 0.0710. The largest absolute Gasteiger partial charge is 0.363 e. The van der Waals surface area contributed by atoms with Crippen molar-refractivity contribution in [1.82, 2.24) is 20.9 Å². The third kappa shape index (κ3) is 6.60. The summed E-state index contributed by atoms with van der Waals surface area (Å²) >= 11 is 0. The standard InChI is InChI=1S/C32H45N5O6/c1-16(2)21(24(38)18-11-9-8-10-12-18)35-30(43)36-26(31(3,4)5)29(42)37-15-19-20(32(19,6)7)23(37)28(41)34-22(17-13-14-17)25(39)27(33)40/h8-12,16-17,19-23,26H,13-15H2,1-7H3,(H2,33,40)(H,34,41)(H2,35,36,43)/t19-,20-,21-,22?,23-,26+/m0/s1. The second-order valence-corrected chi connectivity index (χ2v) is 14.3. The lowest BCUT2D eigenvalue weighted by atomic mass is 9.85. The summed E-state index contributed by atoms with van der Waals surface area (Å²) in [5, 5.41) is 8.31. The van der Waals surface area contributed by atoms with Gasteiger partial charge in [-0.3, -0.25) is 24.0 Å². The van der Waals surface area contributed by atoms with E-state index in [0.29, 0.717) is 24.9 Å². The van der Waals surface area contributed by atoms with Crippen molar-refractivity contribution >= 4 is 35.3 Å². The van der Waals surface area contributed by atoms with Gasteiger partial charge in [-0.15, -0.1) is 0 Å². The van der Waals surface area contributed by atoms with Crippen LogP contribution in [0, 0.1) is 34.5 Å². The van der Waals surface area contributed by atoms with Crippen LogP contribution in [0.15, 0.2) is 30.3 Å². The van der Waals surface area contributed by atoms with Crippen molar-refractivity contribution in [2.45, 2.75) is 85.5 Å². The van der Waals surface area contributed by atoms with Crippen molar-refractivity contribution in [3.8, 4) is 0 Å². The Morgan fingerprint density at radius 3 is 2.07 bits per heavy atom. The number of amides is 5. The van der Waals surface area contributed by atoms with Gasteiger partial charge in [-0.2, -0.15) is 0 Å². The second-order valence-electron chi connectivity index (χ2n) is 14.3. The van der Waals surface area contributed by atoms with E-state index in [1.54, 1.807) is 30.3 Å². The number of likely N-dealkylation sites (tertiary alicyclic amines) is 1. The molecule has 2 saturated carbocycles. The molecule has 1 unspecified atom stereocenters. The maximum Gasteiger partial charge on any atom is 0.316 e. The highest BCUT2D eigenvalue weighted by Crippen LogP contribution is 2.65. The SMILES string of the molecule is CC(C)[C@H](NC(=O)N[C@H](C(=O)N1C[C@H]2[C@@H]([C@H]1C(=O)NC(C(=O)C(N)=O)C1CC1)C2(C)C)C(C)(C)C)C(=O)c1ccccc1. The van der Waals surface area contributed by atoms with E-state index in [2.05, 4.69) is 16.0 Å². The molecule has 1 heterocycles. The van der Waals surface area contributed by atoms with Gasteiger partial charge in [-0.1, -0.05) is 78.8 Å². The number of benzene rings is 1. The number of urea groups is 1. The number of nitrogens with zero attached hydrogens (tertiary/aromatic N) is 1. The molecule has 5 N–H and O–H groups in total. The van der Waals surface area contributed by atoms with Gasteiger partial charge in [-0.25, -0.2) is 4.79 Å². The molecule has 1 aromatic rings. The summed E-state index contributed by atoms with van der Waals surface area (Å²) in [5.41, 5.74) is 4.79. The molecular weight excluding hydrogens is 550 g/mol.